The van der Waals surface area contributed by atoms with Crippen molar-refractivity contribution < 1.29 is 36.2 Å². The normalized spacial score (nSPS) is 12.4. The van der Waals surface area contributed by atoms with Gasteiger partial charge in [-0.15, -0.1) is 0 Å². The highest BCUT2D eigenvalue weighted by atomic mass is 32.2. The Morgan fingerprint density at radius 1 is 1.43 bits per heavy atom. The minimum Gasteiger partial charge on any atom is -0.480 e. The van der Waals surface area contributed by atoms with Crippen LogP contribution in [0.25, 0.3) is 0 Å². The molecule has 0 aliphatic rings. The van der Waals surface area contributed by atoms with E-state index < -0.39 is 41.2 Å². The summed E-state index contributed by atoms with van der Waals surface area (Å²) in [6, 6.07) is 1.93. The Bertz CT molecular complexity index is 600. The number of ether oxygens (including phenoxy) is 1. The number of aliphatic carboxylic acids is 1. The molecule has 0 atom stereocenters. The second-order valence-corrected chi connectivity index (χ2v) is 5.94. The van der Waals surface area contributed by atoms with Gasteiger partial charge < -0.3 is 9.84 Å². The van der Waals surface area contributed by atoms with Crippen LogP contribution in [0, 0.1) is 0 Å². The number of nitrogens with zero attached hydrogens (tertiary/aromatic N) is 2. The van der Waals surface area contributed by atoms with E-state index in [4.69, 9.17) is 5.11 Å². The average molecular weight is 328 g/mol. The molecule has 0 bridgehead atoms. The predicted molar refractivity (Wildman–Crippen MR) is 63.2 cm³/mol. The van der Waals surface area contributed by atoms with E-state index in [9.17, 15) is 26.4 Å². The third-order valence-electron chi connectivity index (χ3n) is 2.16. The maximum absolute atomic E-state index is 11.9. The molecule has 0 saturated heterocycles. The van der Waals surface area contributed by atoms with Crippen molar-refractivity contribution in [3.63, 3.8) is 0 Å². The second kappa shape index (κ2) is 6.26. The smallest absolute Gasteiger partial charge is 0.422 e. The fourth-order valence-electron chi connectivity index (χ4n) is 1.22. The number of likely N-dealkylation sites (N-methyl/N-ethyl adjacent to an activating group) is 1. The molecule has 0 amide bonds. The molecule has 1 rings (SSSR count). The van der Waals surface area contributed by atoms with Gasteiger partial charge >= 0.3 is 12.1 Å². The molecule has 1 aromatic rings. The van der Waals surface area contributed by atoms with E-state index in [0.29, 0.717) is 4.31 Å². The monoisotopic (exact) mass is 328 g/mol. The number of hydrogen-bond donors (Lipinski definition) is 1. The Hall–Kier alpha value is -1.88. The van der Waals surface area contributed by atoms with Crippen LogP contribution in [0.5, 0.6) is 5.88 Å². The molecule has 0 aromatic carbocycles. The Morgan fingerprint density at radius 3 is 2.48 bits per heavy atom. The van der Waals surface area contributed by atoms with Gasteiger partial charge in [0.2, 0.25) is 15.9 Å². The van der Waals surface area contributed by atoms with Gasteiger partial charge in [0.15, 0.2) is 6.61 Å². The standard InChI is InChI=1S/C10H11F3N2O5S/c1-15(5-9(16)17)21(18,19)7-2-3-8(14-4-7)20-6-10(11,12)13/h2-4H,5-6H2,1H3,(H,16,17). The van der Waals surface area contributed by atoms with Crippen molar-refractivity contribution in [2.45, 2.75) is 11.1 Å². The number of carboxylic acids is 1. The molecule has 7 nitrogen and oxygen atoms in total. The summed E-state index contributed by atoms with van der Waals surface area (Å²) in [5.74, 6) is -1.74. The summed E-state index contributed by atoms with van der Waals surface area (Å²) in [6.45, 7) is -2.31. The molecule has 11 heteroatoms. The molecule has 0 fully saturated rings. The zero-order valence-corrected chi connectivity index (χ0v) is 11.5. The molecule has 0 aliphatic carbocycles. The lowest BCUT2D eigenvalue weighted by Crippen LogP contribution is -2.32. The Balaban J connectivity index is 2.84. The van der Waals surface area contributed by atoms with Gasteiger partial charge in [0.1, 0.15) is 11.4 Å². The maximum atomic E-state index is 11.9. The maximum Gasteiger partial charge on any atom is 0.422 e. The van der Waals surface area contributed by atoms with Crippen molar-refractivity contribution >= 4 is 16.0 Å². The van der Waals surface area contributed by atoms with Gasteiger partial charge in [0.25, 0.3) is 0 Å². The highest BCUT2D eigenvalue weighted by Gasteiger charge is 2.29. The lowest BCUT2D eigenvalue weighted by molar-refractivity contribution is -0.154. The number of carbonyl (C=O) groups is 1. The number of aromatic nitrogens is 1. The van der Waals surface area contributed by atoms with E-state index in [1.54, 1.807) is 0 Å². The topological polar surface area (TPSA) is 96.8 Å². The summed E-state index contributed by atoms with van der Waals surface area (Å²) in [5, 5.41) is 8.54. The average Bonchev–Trinajstić information content (AvgIpc) is 2.35. The number of pyridine rings is 1. The first kappa shape index (κ1) is 17.2. The molecule has 1 heterocycles. The molecule has 0 unspecified atom stereocenters. The number of sulfonamides is 1. The molecular formula is C10H11F3N2O5S. The van der Waals surface area contributed by atoms with Gasteiger partial charge in [-0.1, -0.05) is 0 Å². The number of carboxylic acid groups (broad SMARTS) is 1. The minimum atomic E-state index is -4.53. The van der Waals surface area contributed by atoms with Crippen LogP contribution in [0.15, 0.2) is 23.2 Å². The molecular weight excluding hydrogens is 317 g/mol. The van der Waals surface area contributed by atoms with Crippen LogP contribution >= 0.6 is 0 Å². The summed E-state index contributed by atoms with van der Waals surface area (Å²) in [6.07, 6.45) is -3.74. The van der Waals surface area contributed by atoms with Crippen LogP contribution in [0.3, 0.4) is 0 Å². The van der Waals surface area contributed by atoms with Gasteiger partial charge in [-0.25, -0.2) is 13.4 Å². The summed E-state index contributed by atoms with van der Waals surface area (Å²) in [7, 11) is -3.03. The lowest BCUT2D eigenvalue weighted by atomic mass is 10.5. The van der Waals surface area contributed by atoms with Crippen LogP contribution in [-0.2, 0) is 14.8 Å². The molecule has 118 valence electrons. The number of halogens is 3. The Labute approximate surface area is 118 Å². The zero-order valence-electron chi connectivity index (χ0n) is 10.7. The molecule has 0 saturated carbocycles. The molecule has 0 spiro atoms. The van der Waals surface area contributed by atoms with E-state index in [2.05, 4.69) is 9.72 Å². The predicted octanol–water partition coefficient (Wildman–Crippen LogP) is 0.728. The fourth-order valence-corrected chi connectivity index (χ4v) is 2.28. The third kappa shape index (κ3) is 5.19. The van der Waals surface area contributed by atoms with E-state index >= 15 is 0 Å². The Morgan fingerprint density at radius 2 is 2.05 bits per heavy atom. The zero-order chi connectivity index (χ0) is 16.3. The third-order valence-corrected chi connectivity index (χ3v) is 3.95. The van der Waals surface area contributed by atoms with Crippen LogP contribution in [0.2, 0.25) is 0 Å². The Kier molecular flexibility index (Phi) is 5.12. The van der Waals surface area contributed by atoms with Crippen molar-refractivity contribution in [2.24, 2.45) is 0 Å². The first-order chi connectivity index (χ1) is 9.52. The van der Waals surface area contributed by atoms with E-state index in [1.807, 2.05) is 0 Å². The van der Waals surface area contributed by atoms with Gasteiger partial charge in [-0.2, -0.15) is 17.5 Å². The van der Waals surface area contributed by atoms with Crippen molar-refractivity contribution in [1.29, 1.82) is 0 Å². The van der Waals surface area contributed by atoms with Gasteiger partial charge in [0.05, 0.1) is 6.20 Å². The number of alkyl halides is 3. The SMILES string of the molecule is CN(CC(=O)O)S(=O)(=O)c1ccc(OCC(F)(F)F)nc1. The fraction of sp³-hybridized carbons (Fsp3) is 0.400. The van der Waals surface area contributed by atoms with Crippen LogP contribution < -0.4 is 4.74 Å². The molecule has 1 aromatic heterocycles. The van der Waals surface area contributed by atoms with Crippen molar-refractivity contribution in [3.05, 3.63) is 18.3 Å². The van der Waals surface area contributed by atoms with E-state index in [1.165, 1.54) is 0 Å². The largest absolute Gasteiger partial charge is 0.480 e. The van der Waals surface area contributed by atoms with Gasteiger partial charge in [-0.05, 0) is 6.07 Å². The van der Waals surface area contributed by atoms with E-state index in [0.717, 1.165) is 25.4 Å². The minimum absolute atomic E-state index is 0.356. The van der Waals surface area contributed by atoms with Crippen LogP contribution in [0.1, 0.15) is 0 Å². The van der Waals surface area contributed by atoms with Crippen molar-refractivity contribution in [1.82, 2.24) is 9.29 Å². The molecule has 0 aliphatic heterocycles. The first-order valence-electron chi connectivity index (χ1n) is 5.36. The van der Waals surface area contributed by atoms with Crippen LogP contribution in [0.4, 0.5) is 13.2 Å². The quantitative estimate of drug-likeness (QED) is 0.827. The van der Waals surface area contributed by atoms with Gasteiger partial charge in [-0.3, -0.25) is 4.79 Å². The highest BCUT2D eigenvalue weighted by Crippen LogP contribution is 2.19. The number of hydrogen-bond acceptors (Lipinski definition) is 5. The van der Waals surface area contributed by atoms with Crippen molar-refractivity contribution in [2.75, 3.05) is 20.2 Å². The lowest BCUT2D eigenvalue weighted by Gasteiger charge is -2.14. The van der Waals surface area contributed by atoms with Gasteiger partial charge in [0, 0.05) is 13.1 Å². The molecule has 21 heavy (non-hydrogen) atoms. The summed E-state index contributed by atoms with van der Waals surface area (Å²) in [5.41, 5.74) is 0. The number of rotatable bonds is 6. The second-order valence-electron chi connectivity index (χ2n) is 3.89. The highest BCUT2D eigenvalue weighted by molar-refractivity contribution is 7.89. The van der Waals surface area contributed by atoms with Crippen molar-refractivity contribution in [3.8, 4) is 5.88 Å². The first-order valence-corrected chi connectivity index (χ1v) is 6.80. The van der Waals surface area contributed by atoms with Crippen LogP contribution in [-0.4, -0.2) is 55.2 Å². The summed E-state index contributed by atoms with van der Waals surface area (Å²) in [4.78, 5) is 13.6. The molecule has 1 N–H and O–H groups in total. The molecule has 0 radical (unpaired) electrons. The summed E-state index contributed by atoms with van der Waals surface area (Å²) >= 11 is 0. The summed E-state index contributed by atoms with van der Waals surface area (Å²) < 4.78 is 64.5. The van der Waals surface area contributed by atoms with E-state index in [-0.39, 0.29) is 4.90 Å².